The zero-order valence-corrected chi connectivity index (χ0v) is 18.2. The molecule has 2 aromatic carbocycles. The van der Waals surface area contributed by atoms with Crippen molar-refractivity contribution in [1.82, 2.24) is 10.6 Å². The predicted octanol–water partition coefficient (Wildman–Crippen LogP) is 2.18. The standard InChI is InChI=1S/C21H23Cl2N3O5/c1-12(27)18(26-21(30)31-11-13-5-3-2-4-6-13)20(29)25-17(19(24)28)9-14-7-8-15(22)10-16(14)23/h2-8,10,12,17-18,27H,9,11H2,1H3,(H2,24,28)(H,25,29)(H,26,30)/t12-,17-,18+/m1/s1. The predicted molar refractivity (Wildman–Crippen MR) is 117 cm³/mol. The van der Waals surface area contributed by atoms with E-state index in [1.807, 2.05) is 6.07 Å². The molecule has 0 aromatic heterocycles. The molecular weight excluding hydrogens is 445 g/mol. The molecule has 0 spiro atoms. The van der Waals surface area contributed by atoms with Crippen LogP contribution in [-0.4, -0.2) is 41.2 Å². The van der Waals surface area contributed by atoms with Gasteiger partial charge in [0.1, 0.15) is 18.7 Å². The van der Waals surface area contributed by atoms with Gasteiger partial charge in [0.05, 0.1) is 6.10 Å². The fourth-order valence-electron chi connectivity index (χ4n) is 2.69. The smallest absolute Gasteiger partial charge is 0.408 e. The van der Waals surface area contributed by atoms with Gasteiger partial charge < -0.3 is 26.2 Å². The van der Waals surface area contributed by atoms with Crippen LogP contribution in [0.1, 0.15) is 18.1 Å². The molecule has 10 heteroatoms. The molecule has 0 saturated heterocycles. The van der Waals surface area contributed by atoms with Gasteiger partial charge in [0.25, 0.3) is 0 Å². The van der Waals surface area contributed by atoms with E-state index < -0.39 is 36.1 Å². The lowest BCUT2D eigenvalue weighted by Crippen LogP contribution is -2.57. The molecule has 0 unspecified atom stereocenters. The number of carbonyl (C=O) groups excluding carboxylic acids is 3. The van der Waals surface area contributed by atoms with E-state index in [0.29, 0.717) is 15.6 Å². The first-order chi connectivity index (χ1) is 14.7. The van der Waals surface area contributed by atoms with Gasteiger partial charge in [0, 0.05) is 16.5 Å². The highest BCUT2D eigenvalue weighted by atomic mass is 35.5. The van der Waals surface area contributed by atoms with E-state index in [4.69, 9.17) is 33.7 Å². The average Bonchev–Trinajstić information content (AvgIpc) is 2.72. The van der Waals surface area contributed by atoms with Gasteiger partial charge in [0.15, 0.2) is 0 Å². The third-order valence-electron chi connectivity index (χ3n) is 4.35. The van der Waals surface area contributed by atoms with E-state index in [9.17, 15) is 19.5 Å². The second-order valence-corrected chi connectivity index (χ2v) is 7.67. The minimum atomic E-state index is -1.37. The molecular formula is C21H23Cl2N3O5. The Balaban J connectivity index is 2.01. The highest BCUT2D eigenvalue weighted by Gasteiger charge is 2.30. The van der Waals surface area contributed by atoms with Crippen molar-refractivity contribution in [1.29, 1.82) is 0 Å². The molecule has 8 nitrogen and oxygen atoms in total. The lowest BCUT2D eigenvalue weighted by molar-refractivity contribution is -0.130. The third-order valence-corrected chi connectivity index (χ3v) is 4.94. The maximum atomic E-state index is 12.6. The SMILES string of the molecule is C[C@@H](O)[C@H](NC(=O)OCc1ccccc1)C(=O)N[C@H](Cc1ccc(Cl)cc1Cl)C(N)=O. The van der Waals surface area contributed by atoms with Crippen LogP contribution in [0.2, 0.25) is 10.0 Å². The van der Waals surface area contributed by atoms with Crippen LogP contribution in [0.3, 0.4) is 0 Å². The van der Waals surface area contributed by atoms with Gasteiger partial charge in [-0.25, -0.2) is 4.79 Å². The Morgan fingerprint density at radius 1 is 1.10 bits per heavy atom. The normalized spacial score (nSPS) is 13.5. The molecule has 0 heterocycles. The highest BCUT2D eigenvalue weighted by Crippen LogP contribution is 2.22. The number of nitrogens with one attached hydrogen (secondary N) is 2. The first kappa shape index (κ1) is 24.5. The van der Waals surface area contributed by atoms with Crippen molar-refractivity contribution in [2.75, 3.05) is 0 Å². The number of ether oxygens (including phenoxy) is 1. The number of aliphatic hydroxyl groups excluding tert-OH is 1. The molecule has 2 rings (SSSR count). The second kappa shape index (κ2) is 11.5. The quantitative estimate of drug-likeness (QED) is 0.448. The van der Waals surface area contributed by atoms with Gasteiger partial charge in [-0.1, -0.05) is 59.6 Å². The number of benzene rings is 2. The number of primary amides is 1. The Morgan fingerprint density at radius 2 is 1.77 bits per heavy atom. The molecule has 0 radical (unpaired) electrons. The molecule has 0 aliphatic heterocycles. The van der Waals surface area contributed by atoms with E-state index >= 15 is 0 Å². The summed E-state index contributed by atoms with van der Waals surface area (Å²) in [6.07, 6.45) is -2.17. The van der Waals surface area contributed by atoms with Crippen molar-refractivity contribution in [3.05, 3.63) is 69.7 Å². The van der Waals surface area contributed by atoms with E-state index in [1.165, 1.54) is 13.0 Å². The number of hydrogen-bond donors (Lipinski definition) is 4. The van der Waals surface area contributed by atoms with Gasteiger partial charge in [-0.3, -0.25) is 9.59 Å². The van der Waals surface area contributed by atoms with Gasteiger partial charge in [-0.15, -0.1) is 0 Å². The van der Waals surface area contributed by atoms with Crippen LogP contribution in [0, 0.1) is 0 Å². The lowest BCUT2D eigenvalue weighted by Gasteiger charge is -2.23. The number of amides is 3. The molecule has 166 valence electrons. The number of rotatable bonds is 9. The molecule has 3 atom stereocenters. The summed E-state index contributed by atoms with van der Waals surface area (Å²) in [5, 5.41) is 15.4. The van der Waals surface area contributed by atoms with Crippen LogP contribution in [-0.2, 0) is 27.4 Å². The summed E-state index contributed by atoms with van der Waals surface area (Å²) in [6.45, 7) is 1.30. The largest absolute Gasteiger partial charge is 0.445 e. The summed E-state index contributed by atoms with van der Waals surface area (Å²) < 4.78 is 5.07. The number of nitrogens with two attached hydrogens (primary N) is 1. The molecule has 3 amide bonds. The Hall–Kier alpha value is -2.81. The van der Waals surface area contributed by atoms with Crippen molar-refractivity contribution < 1.29 is 24.2 Å². The Labute approximate surface area is 189 Å². The summed E-state index contributed by atoms with van der Waals surface area (Å²) in [4.78, 5) is 36.6. The number of aliphatic hydroxyl groups is 1. The fraction of sp³-hybridized carbons (Fsp3) is 0.286. The minimum absolute atomic E-state index is 0.00204. The third kappa shape index (κ3) is 7.75. The molecule has 0 bridgehead atoms. The first-order valence-electron chi connectivity index (χ1n) is 9.36. The maximum Gasteiger partial charge on any atom is 0.408 e. The highest BCUT2D eigenvalue weighted by molar-refractivity contribution is 6.35. The lowest BCUT2D eigenvalue weighted by atomic mass is 10.0. The number of alkyl carbamates (subject to hydrolysis) is 1. The van der Waals surface area contributed by atoms with E-state index in [1.54, 1.807) is 36.4 Å². The van der Waals surface area contributed by atoms with Gasteiger partial charge in [-0.05, 0) is 30.2 Å². The molecule has 31 heavy (non-hydrogen) atoms. The van der Waals surface area contributed by atoms with Crippen molar-refractivity contribution in [3.8, 4) is 0 Å². The van der Waals surface area contributed by atoms with Crippen molar-refractivity contribution in [2.24, 2.45) is 5.73 Å². The van der Waals surface area contributed by atoms with E-state index in [0.717, 1.165) is 5.56 Å². The van der Waals surface area contributed by atoms with Crippen LogP contribution in [0.25, 0.3) is 0 Å². The summed E-state index contributed by atoms with van der Waals surface area (Å²) in [5.74, 6) is -1.61. The van der Waals surface area contributed by atoms with Crippen molar-refractivity contribution in [2.45, 2.75) is 38.1 Å². The summed E-state index contributed by atoms with van der Waals surface area (Å²) in [6, 6.07) is 11.1. The molecule has 0 aliphatic rings. The van der Waals surface area contributed by atoms with Gasteiger partial charge >= 0.3 is 6.09 Å². The van der Waals surface area contributed by atoms with Crippen molar-refractivity contribution >= 4 is 41.1 Å². The zero-order chi connectivity index (χ0) is 23.0. The fourth-order valence-corrected chi connectivity index (χ4v) is 3.17. The van der Waals surface area contributed by atoms with Crippen LogP contribution in [0.4, 0.5) is 4.79 Å². The summed E-state index contributed by atoms with van der Waals surface area (Å²) in [7, 11) is 0. The number of halogens is 2. The average molecular weight is 468 g/mol. The molecule has 0 aliphatic carbocycles. The van der Waals surface area contributed by atoms with Gasteiger partial charge in [-0.2, -0.15) is 0 Å². The molecule has 0 fully saturated rings. The summed E-state index contributed by atoms with van der Waals surface area (Å²) >= 11 is 12.0. The Morgan fingerprint density at radius 3 is 2.35 bits per heavy atom. The minimum Gasteiger partial charge on any atom is -0.445 e. The molecule has 5 N–H and O–H groups in total. The van der Waals surface area contributed by atoms with Crippen LogP contribution < -0.4 is 16.4 Å². The van der Waals surface area contributed by atoms with Crippen LogP contribution in [0.15, 0.2) is 48.5 Å². The van der Waals surface area contributed by atoms with Gasteiger partial charge in [0.2, 0.25) is 11.8 Å². The van der Waals surface area contributed by atoms with Crippen molar-refractivity contribution in [3.63, 3.8) is 0 Å². The first-order valence-corrected chi connectivity index (χ1v) is 10.1. The van der Waals surface area contributed by atoms with E-state index in [-0.39, 0.29) is 13.0 Å². The van der Waals surface area contributed by atoms with Crippen LogP contribution >= 0.6 is 23.2 Å². The monoisotopic (exact) mass is 467 g/mol. The Kier molecular flexibility index (Phi) is 9.11. The summed E-state index contributed by atoms with van der Waals surface area (Å²) in [5.41, 5.74) is 6.70. The number of carbonyl (C=O) groups is 3. The maximum absolute atomic E-state index is 12.6. The zero-order valence-electron chi connectivity index (χ0n) is 16.7. The van der Waals surface area contributed by atoms with E-state index in [2.05, 4.69) is 10.6 Å². The molecule has 2 aromatic rings. The molecule has 0 saturated carbocycles. The van der Waals surface area contributed by atoms with Crippen LogP contribution in [0.5, 0.6) is 0 Å². The second-order valence-electron chi connectivity index (χ2n) is 6.83. The topological polar surface area (TPSA) is 131 Å². The Bertz CT molecular complexity index is 924. The number of hydrogen-bond acceptors (Lipinski definition) is 5.